The van der Waals surface area contributed by atoms with E-state index >= 15 is 0 Å². The molecule has 0 aromatic carbocycles. The molecule has 0 unspecified atom stereocenters. The summed E-state index contributed by atoms with van der Waals surface area (Å²) < 4.78 is 4.66. The van der Waals surface area contributed by atoms with Crippen molar-refractivity contribution >= 4 is 5.97 Å². The average Bonchev–Trinajstić information content (AvgIpc) is 2.03. The zero-order valence-corrected chi connectivity index (χ0v) is 7.09. The Hall–Kier alpha value is -0.570. The van der Waals surface area contributed by atoms with Crippen molar-refractivity contribution in [2.45, 2.75) is 13.3 Å². The fraction of sp³-hybridized carbons (Fsp3) is 0.875. The Morgan fingerprint density at radius 3 is 2.82 bits per heavy atom. The molecule has 1 heterocycles. The summed E-state index contributed by atoms with van der Waals surface area (Å²) in [6.45, 7) is 3.94. The molecule has 64 valence electrons. The van der Waals surface area contributed by atoms with Crippen molar-refractivity contribution in [3.8, 4) is 0 Å². The van der Waals surface area contributed by atoms with Crippen molar-refractivity contribution in [3.05, 3.63) is 0 Å². The molecule has 2 atom stereocenters. The standard InChI is InChI=1S/C8H15NO2/c1-6-3-7(5-9-4-6)8(10)11-2/h6-7,9H,3-5H2,1-2H3/t6-,7-/m0/s1. The predicted molar refractivity (Wildman–Crippen MR) is 42.2 cm³/mol. The first kappa shape index (κ1) is 8.53. The maximum atomic E-state index is 11.1. The van der Waals surface area contributed by atoms with Crippen LogP contribution in [0.2, 0.25) is 0 Å². The van der Waals surface area contributed by atoms with Gasteiger partial charge in [-0.25, -0.2) is 0 Å². The van der Waals surface area contributed by atoms with Crippen LogP contribution in [0.15, 0.2) is 0 Å². The lowest BCUT2D eigenvalue weighted by molar-refractivity contribution is -0.146. The van der Waals surface area contributed by atoms with Crippen LogP contribution in [0.4, 0.5) is 0 Å². The van der Waals surface area contributed by atoms with Gasteiger partial charge < -0.3 is 10.1 Å². The fourth-order valence-electron chi connectivity index (χ4n) is 1.50. The molecule has 3 nitrogen and oxygen atoms in total. The SMILES string of the molecule is COC(=O)[C@@H]1CNC[C@@H](C)C1. The Morgan fingerprint density at radius 2 is 2.27 bits per heavy atom. The first-order valence-electron chi connectivity index (χ1n) is 4.02. The van der Waals surface area contributed by atoms with Gasteiger partial charge in [0.15, 0.2) is 0 Å². The maximum Gasteiger partial charge on any atom is 0.309 e. The first-order chi connectivity index (χ1) is 5.24. The molecule has 0 aromatic heterocycles. The minimum Gasteiger partial charge on any atom is -0.469 e. The second kappa shape index (κ2) is 3.72. The molecule has 1 fully saturated rings. The molecule has 1 aliphatic heterocycles. The zero-order valence-electron chi connectivity index (χ0n) is 7.09. The number of carbonyl (C=O) groups excluding carboxylic acids is 1. The molecular weight excluding hydrogens is 142 g/mol. The molecule has 1 saturated heterocycles. The van der Waals surface area contributed by atoms with Crippen LogP contribution in [0, 0.1) is 11.8 Å². The van der Waals surface area contributed by atoms with Crippen molar-refractivity contribution in [3.63, 3.8) is 0 Å². The smallest absolute Gasteiger partial charge is 0.309 e. The summed E-state index contributed by atoms with van der Waals surface area (Å²) in [6.07, 6.45) is 0.958. The minimum absolute atomic E-state index is 0.0729. The summed E-state index contributed by atoms with van der Waals surface area (Å²) >= 11 is 0. The van der Waals surface area contributed by atoms with Crippen LogP contribution in [0.3, 0.4) is 0 Å². The average molecular weight is 157 g/mol. The van der Waals surface area contributed by atoms with Gasteiger partial charge in [0.1, 0.15) is 0 Å². The van der Waals surface area contributed by atoms with E-state index in [0.717, 1.165) is 19.5 Å². The van der Waals surface area contributed by atoms with Gasteiger partial charge >= 0.3 is 5.97 Å². The fourth-order valence-corrected chi connectivity index (χ4v) is 1.50. The number of carbonyl (C=O) groups is 1. The Bertz CT molecular complexity index is 147. The molecule has 0 aliphatic carbocycles. The highest BCUT2D eigenvalue weighted by molar-refractivity contribution is 5.72. The number of hydrogen-bond acceptors (Lipinski definition) is 3. The zero-order chi connectivity index (χ0) is 8.27. The third-order valence-electron chi connectivity index (χ3n) is 2.10. The lowest BCUT2D eigenvalue weighted by atomic mass is 9.92. The summed E-state index contributed by atoms with van der Waals surface area (Å²) in [5.41, 5.74) is 0. The monoisotopic (exact) mass is 157 g/mol. The van der Waals surface area contributed by atoms with Crippen molar-refractivity contribution < 1.29 is 9.53 Å². The van der Waals surface area contributed by atoms with E-state index in [-0.39, 0.29) is 11.9 Å². The van der Waals surface area contributed by atoms with E-state index < -0.39 is 0 Å². The normalized spacial score (nSPS) is 31.5. The summed E-state index contributed by atoms with van der Waals surface area (Å²) in [7, 11) is 1.45. The molecule has 0 bridgehead atoms. The van der Waals surface area contributed by atoms with Gasteiger partial charge in [-0.3, -0.25) is 4.79 Å². The summed E-state index contributed by atoms with van der Waals surface area (Å²) in [4.78, 5) is 11.1. The van der Waals surface area contributed by atoms with Gasteiger partial charge in [0.25, 0.3) is 0 Å². The van der Waals surface area contributed by atoms with Crippen molar-refractivity contribution in [1.29, 1.82) is 0 Å². The van der Waals surface area contributed by atoms with Gasteiger partial charge in [-0.05, 0) is 18.9 Å². The van der Waals surface area contributed by atoms with Crippen molar-refractivity contribution in [1.82, 2.24) is 5.32 Å². The molecule has 0 spiro atoms. The number of esters is 1. The Balaban J connectivity index is 2.39. The number of hydrogen-bond donors (Lipinski definition) is 1. The van der Waals surface area contributed by atoms with Gasteiger partial charge in [0.2, 0.25) is 0 Å². The number of piperidine rings is 1. The Labute approximate surface area is 67.1 Å². The van der Waals surface area contributed by atoms with Crippen LogP contribution < -0.4 is 5.32 Å². The summed E-state index contributed by atoms with van der Waals surface area (Å²) in [5, 5.41) is 3.20. The van der Waals surface area contributed by atoms with Gasteiger partial charge in [-0.15, -0.1) is 0 Å². The van der Waals surface area contributed by atoms with Crippen LogP contribution in [-0.2, 0) is 9.53 Å². The third kappa shape index (κ3) is 2.19. The third-order valence-corrected chi connectivity index (χ3v) is 2.10. The molecule has 0 saturated carbocycles. The summed E-state index contributed by atoms with van der Waals surface area (Å²) in [6, 6.07) is 0. The topological polar surface area (TPSA) is 38.3 Å². The van der Waals surface area contributed by atoms with E-state index in [9.17, 15) is 4.79 Å². The second-order valence-electron chi connectivity index (χ2n) is 3.22. The maximum absolute atomic E-state index is 11.1. The molecule has 1 aliphatic rings. The van der Waals surface area contributed by atoms with E-state index in [1.807, 2.05) is 0 Å². The lowest BCUT2D eigenvalue weighted by Gasteiger charge is -2.25. The predicted octanol–water partition coefficient (Wildman–Crippen LogP) is 0.405. The number of rotatable bonds is 1. The molecule has 0 amide bonds. The lowest BCUT2D eigenvalue weighted by Crippen LogP contribution is -2.39. The highest BCUT2D eigenvalue weighted by Gasteiger charge is 2.24. The van der Waals surface area contributed by atoms with E-state index in [2.05, 4.69) is 17.0 Å². The number of methoxy groups -OCH3 is 1. The van der Waals surface area contributed by atoms with Gasteiger partial charge in [-0.1, -0.05) is 6.92 Å². The van der Waals surface area contributed by atoms with E-state index in [1.54, 1.807) is 0 Å². The highest BCUT2D eigenvalue weighted by Crippen LogP contribution is 2.16. The van der Waals surface area contributed by atoms with Crippen LogP contribution in [0.1, 0.15) is 13.3 Å². The minimum atomic E-state index is -0.0796. The largest absolute Gasteiger partial charge is 0.469 e. The van der Waals surface area contributed by atoms with E-state index in [4.69, 9.17) is 0 Å². The van der Waals surface area contributed by atoms with E-state index in [1.165, 1.54) is 7.11 Å². The highest BCUT2D eigenvalue weighted by atomic mass is 16.5. The number of nitrogens with one attached hydrogen (secondary N) is 1. The number of ether oxygens (including phenoxy) is 1. The quantitative estimate of drug-likeness (QED) is 0.560. The van der Waals surface area contributed by atoms with E-state index in [0.29, 0.717) is 5.92 Å². The van der Waals surface area contributed by atoms with Crippen molar-refractivity contribution in [2.75, 3.05) is 20.2 Å². The van der Waals surface area contributed by atoms with Gasteiger partial charge in [-0.2, -0.15) is 0 Å². The van der Waals surface area contributed by atoms with Gasteiger partial charge in [0.05, 0.1) is 13.0 Å². The molecule has 11 heavy (non-hydrogen) atoms. The van der Waals surface area contributed by atoms with Crippen LogP contribution >= 0.6 is 0 Å². The molecular formula is C8H15NO2. The molecule has 0 aromatic rings. The Morgan fingerprint density at radius 1 is 1.55 bits per heavy atom. The van der Waals surface area contributed by atoms with Crippen molar-refractivity contribution in [2.24, 2.45) is 11.8 Å². The van der Waals surface area contributed by atoms with Crippen LogP contribution in [0.5, 0.6) is 0 Å². The molecule has 0 radical (unpaired) electrons. The first-order valence-corrected chi connectivity index (χ1v) is 4.02. The molecule has 1 N–H and O–H groups in total. The molecule has 1 rings (SSSR count). The Kier molecular flexibility index (Phi) is 2.88. The summed E-state index contributed by atoms with van der Waals surface area (Å²) in [5.74, 6) is 0.584. The second-order valence-corrected chi connectivity index (χ2v) is 3.22. The van der Waals surface area contributed by atoms with Crippen LogP contribution in [0.25, 0.3) is 0 Å². The molecule has 3 heteroatoms. The van der Waals surface area contributed by atoms with Gasteiger partial charge in [0, 0.05) is 6.54 Å². The van der Waals surface area contributed by atoms with Crippen LogP contribution in [-0.4, -0.2) is 26.2 Å².